The first-order chi connectivity index (χ1) is 6.34. The molecule has 0 amide bonds. The highest BCUT2D eigenvalue weighted by atomic mass is 32.2. The van der Waals surface area contributed by atoms with E-state index in [0.29, 0.717) is 0 Å². The molecular formula is C9H15N3S. The van der Waals surface area contributed by atoms with Crippen LogP contribution < -0.4 is 0 Å². The van der Waals surface area contributed by atoms with Crippen molar-refractivity contribution in [2.24, 2.45) is 7.05 Å². The van der Waals surface area contributed by atoms with Crippen LogP contribution in [-0.2, 0) is 13.6 Å². The van der Waals surface area contributed by atoms with Crippen molar-refractivity contribution < 1.29 is 0 Å². The molecule has 1 aromatic heterocycles. The number of rotatable bonds is 2. The van der Waals surface area contributed by atoms with E-state index in [-0.39, 0.29) is 0 Å². The Kier molecular flexibility index (Phi) is 2.90. The van der Waals surface area contributed by atoms with Gasteiger partial charge in [-0.2, -0.15) is 11.8 Å². The minimum absolute atomic E-state index is 1.02. The van der Waals surface area contributed by atoms with Crippen LogP contribution in [0.2, 0.25) is 0 Å². The molecule has 13 heavy (non-hydrogen) atoms. The van der Waals surface area contributed by atoms with E-state index in [0.717, 1.165) is 6.54 Å². The van der Waals surface area contributed by atoms with Gasteiger partial charge in [-0.05, 0) is 0 Å². The lowest BCUT2D eigenvalue weighted by Crippen LogP contribution is -2.32. The molecule has 3 nitrogen and oxygen atoms in total. The maximum absolute atomic E-state index is 4.32. The van der Waals surface area contributed by atoms with Gasteiger partial charge in [-0.25, -0.2) is 4.98 Å². The number of hydrogen-bond acceptors (Lipinski definition) is 3. The van der Waals surface area contributed by atoms with Crippen molar-refractivity contribution in [1.29, 1.82) is 0 Å². The molecule has 1 aromatic rings. The molecule has 1 saturated heterocycles. The van der Waals surface area contributed by atoms with E-state index < -0.39 is 0 Å². The quantitative estimate of drug-likeness (QED) is 0.705. The van der Waals surface area contributed by atoms with Gasteiger partial charge in [-0.3, -0.25) is 4.90 Å². The molecule has 72 valence electrons. The van der Waals surface area contributed by atoms with Gasteiger partial charge in [0, 0.05) is 44.4 Å². The summed E-state index contributed by atoms with van der Waals surface area (Å²) >= 11 is 2.05. The Morgan fingerprint density at radius 1 is 1.46 bits per heavy atom. The molecule has 1 aliphatic heterocycles. The highest BCUT2D eigenvalue weighted by molar-refractivity contribution is 7.99. The zero-order valence-electron chi connectivity index (χ0n) is 7.94. The third kappa shape index (κ3) is 2.48. The van der Waals surface area contributed by atoms with Crippen LogP contribution in [0.15, 0.2) is 12.5 Å². The van der Waals surface area contributed by atoms with Crippen molar-refractivity contribution in [3.8, 4) is 0 Å². The van der Waals surface area contributed by atoms with E-state index in [1.165, 1.54) is 30.3 Å². The predicted molar refractivity (Wildman–Crippen MR) is 55.8 cm³/mol. The molecule has 0 saturated carbocycles. The summed E-state index contributed by atoms with van der Waals surface area (Å²) in [7, 11) is 2.02. The molecule has 0 atom stereocenters. The number of nitrogens with zero attached hydrogens (tertiary/aromatic N) is 3. The van der Waals surface area contributed by atoms with Crippen molar-refractivity contribution in [3.05, 3.63) is 18.2 Å². The summed E-state index contributed by atoms with van der Waals surface area (Å²) in [6.45, 7) is 3.43. The van der Waals surface area contributed by atoms with Gasteiger partial charge in [0.1, 0.15) is 0 Å². The second-order valence-electron chi connectivity index (χ2n) is 3.42. The molecule has 0 N–H and O–H groups in total. The lowest BCUT2D eigenvalue weighted by atomic mass is 10.4. The fraction of sp³-hybridized carbons (Fsp3) is 0.667. The lowest BCUT2D eigenvalue weighted by Gasteiger charge is -2.25. The summed E-state index contributed by atoms with van der Waals surface area (Å²) in [5.41, 5.74) is 1.19. The molecule has 0 unspecified atom stereocenters. The van der Waals surface area contributed by atoms with Crippen molar-refractivity contribution in [2.75, 3.05) is 24.6 Å². The first kappa shape index (κ1) is 9.09. The molecular weight excluding hydrogens is 182 g/mol. The normalized spacial score (nSPS) is 19.2. The van der Waals surface area contributed by atoms with Crippen LogP contribution in [0, 0.1) is 0 Å². The summed E-state index contributed by atoms with van der Waals surface area (Å²) in [6, 6.07) is 0. The largest absolute Gasteiger partial charge is 0.340 e. The Labute approximate surface area is 83.1 Å². The summed E-state index contributed by atoms with van der Waals surface area (Å²) in [6.07, 6.45) is 3.97. The summed E-state index contributed by atoms with van der Waals surface area (Å²) in [4.78, 5) is 6.80. The molecule has 1 aliphatic rings. The van der Waals surface area contributed by atoms with Crippen LogP contribution in [0.25, 0.3) is 0 Å². The van der Waals surface area contributed by atoms with Gasteiger partial charge < -0.3 is 4.57 Å². The van der Waals surface area contributed by atoms with E-state index in [2.05, 4.69) is 16.1 Å². The first-order valence-corrected chi connectivity index (χ1v) is 5.77. The number of thioether (sulfide) groups is 1. The second kappa shape index (κ2) is 4.15. The van der Waals surface area contributed by atoms with Crippen LogP contribution in [0.3, 0.4) is 0 Å². The first-order valence-electron chi connectivity index (χ1n) is 4.61. The van der Waals surface area contributed by atoms with E-state index >= 15 is 0 Å². The summed E-state index contributed by atoms with van der Waals surface area (Å²) in [5.74, 6) is 2.54. The fourth-order valence-corrected chi connectivity index (χ4v) is 2.52. The van der Waals surface area contributed by atoms with Gasteiger partial charge in [0.2, 0.25) is 0 Å². The smallest absolute Gasteiger partial charge is 0.0947 e. The average molecular weight is 197 g/mol. The van der Waals surface area contributed by atoms with Crippen LogP contribution in [-0.4, -0.2) is 39.0 Å². The van der Waals surface area contributed by atoms with Gasteiger partial charge in [-0.1, -0.05) is 0 Å². The second-order valence-corrected chi connectivity index (χ2v) is 4.64. The van der Waals surface area contributed by atoms with E-state index in [1.54, 1.807) is 0 Å². The van der Waals surface area contributed by atoms with Gasteiger partial charge in [0.05, 0.1) is 12.0 Å². The maximum Gasteiger partial charge on any atom is 0.0947 e. The van der Waals surface area contributed by atoms with Crippen LogP contribution in [0.4, 0.5) is 0 Å². The summed E-state index contributed by atoms with van der Waals surface area (Å²) < 4.78 is 2.01. The maximum atomic E-state index is 4.32. The highest BCUT2D eigenvalue weighted by Gasteiger charge is 2.11. The van der Waals surface area contributed by atoms with Crippen molar-refractivity contribution >= 4 is 11.8 Å². The predicted octanol–water partition coefficient (Wildman–Crippen LogP) is 0.969. The Balaban J connectivity index is 1.89. The van der Waals surface area contributed by atoms with Gasteiger partial charge in [0.25, 0.3) is 0 Å². The van der Waals surface area contributed by atoms with E-state index in [9.17, 15) is 0 Å². The van der Waals surface area contributed by atoms with E-state index in [1.807, 2.05) is 29.7 Å². The average Bonchev–Trinajstić information content (AvgIpc) is 2.53. The topological polar surface area (TPSA) is 21.1 Å². The zero-order chi connectivity index (χ0) is 9.10. The highest BCUT2D eigenvalue weighted by Crippen LogP contribution is 2.11. The fourth-order valence-electron chi connectivity index (χ4n) is 1.54. The molecule has 4 heteroatoms. The Bertz CT molecular complexity index is 266. The molecule has 2 heterocycles. The third-order valence-corrected chi connectivity index (χ3v) is 3.19. The minimum atomic E-state index is 1.02. The van der Waals surface area contributed by atoms with Crippen molar-refractivity contribution in [3.63, 3.8) is 0 Å². The van der Waals surface area contributed by atoms with Gasteiger partial charge in [0.15, 0.2) is 0 Å². The Hall–Kier alpha value is -0.480. The molecule has 0 aliphatic carbocycles. The Morgan fingerprint density at radius 3 is 2.85 bits per heavy atom. The SMILES string of the molecule is Cn1cnc(CN2CCSCC2)c1. The lowest BCUT2D eigenvalue weighted by molar-refractivity contribution is 0.291. The number of hydrogen-bond donors (Lipinski definition) is 0. The zero-order valence-corrected chi connectivity index (χ0v) is 8.76. The molecule has 0 bridgehead atoms. The molecule has 0 aromatic carbocycles. The molecule has 1 fully saturated rings. The van der Waals surface area contributed by atoms with Crippen molar-refractivity contribution in [2.45, 2.75) is 6.54 Å². The van der Waals surface area contributed by atoms with Crippen LogP contribution in [0.5, 0.6) is 0 Å². The number of aryl methyl sites for hydroxylation is 1. The van der Waals surface area contributed by atoms with Crippen LogP contribution >= 0.6 is 11.8 Å². The van der Waals surface area contributed by atoms with Crippen LogP contribution in [0.1, 0.15) is 5.69 Å². The third-order valence-electron chi connectivity index (χ3n) is 2.25. The standard InChI is InChI=1S/C9H15N3S/c1-11-6-9(10-8-11)7-12-2-4-13-5-3-12/h6,8H,2-5,7H2,1H3. The monoisotopic (exact) mass is 197 g/mol. The van der Waals surface area contributed by atoms with E-state index in [4.69, 9.17) is 0 Å². The molecule has 2 rings (SSSR count). The summed E-state index contributed by atoms with van der Waals surface area (Å²) in [5, 5.41) is 0. The molecule has 0 radical (unpaired) electrons. The number of imidazole rings is 1. The number of aromatic nitrogens is 2. The Morgan fingerprint density at radius 2 is 2.23 bits per heavy atom. The molecule has 0 spiro atoms. The minimum Gasteiger partial charge on any atom is -0.340 e. The van der Waals surface area contributed by atoms with Gasteiger partial charge in [-0.15, -0.1) is 0 Å². The van der Waals surface area contributed by atoms with Gasteiger partial charge >= 0.3 is 0 Å². The van der Waals surface area contributed by atoms with Crippen molar-refractivity contribution in [1.82, 2.24) is 14.5 Å².